The third-order valence-corrected chi connectivity index (χ3v) is 5.92. The first kappa shape index (κ1) is 20.3. The molecule has 2 aromatic rings. The highest BCUT2D eigenvalue weighted by molar-refractivity contribution is 6.05. The Labute approximate surface area is 175 Å². The summed E-state index contributed by atoms with van der Waals surface area (Å²) in [5.74, 6) is -1.07. The molecular weight excluding hydrogens is 384 g/mol. The van der Waals surface area contributed by atoms with Gasteiger partial charge in [-0.1, -0.05) is 18.2 Å². The van der Waals surface area contributed by atoms with Crippen molar-refractivity contribution in [3.63, 3.8) is 0 Å². The second-order valence-electron chi connectivity index (χ2n) is 7.77. The van der Waals surface area contributed by atoms with Gasteiger partial charge in [0.2, 0.25) is 0 Å². The lowest BCUT2D eigenvalue weighted by Crippen LogP contribution is -2.42. The topological polar surface area (TPSA) is 85.8 Å². The summed E-state index contributed by atoms with van der Waals surface area (Å²) in [5.41, 5.74) is 3.22. The van der Waals surface area contributed by atoms with Gasteiger partial charge in [0.25, 0.3) is 5.91 Å². The molecule has 1 saturated heterocycles. The number of esters is 2. The Morgan fingerprint density at radius 2 is 1.87 bits per heavy atom. The SMILES string of the molecule is CCOC(=O)C1CCN(C(=O)COC(=O)c2c3c(nc4ccccc24)CCC3)CC1. The van der Waals surface area contributed by atoms with Gasteiger partial charge in [-0.25, -0.2) is 4.79 Å². The van der Waals surface area contributed by atoms with Crippen LogP contribution in [0.2, 0.25) is 0 Å². The number of para-hydroxylation sites is 1. The van der Waals surface area contributed by atoms with Gasteiger partial charge in [0.1, 0.15) is 0 Å². The number of carbonyl (C=O) groups is 3. The average molecular weight is 410 g/mol. The van der Waals surface area contributed by atoms with Crippen molar-refractivity contribution < 1.29 is 23.9 Å². The fraction of sp³-hybridized carbons (Fsp3) is 0.478. The molecule has 1 aromatic carbocycles. The number of aromatic nitrogens is 1. The van der Waals surface area contributed by atoms with Crippen LogP contribution in [-0.4, -0.2) is 54.0 Å². The van der Waals surface area contributed by atoms with E-state index in [2.05, 4.69) is 4.98 Å². The van der Waals surface area contributed by atoms with Gasteiger partial charge in [0.15, 0.2) is 6.61 Å². The van der Waals surface area contributed by atoms with E-state index in [1.54, 1.807) is 11.8 Å². The Kier molecular flexibility index (Phi) is 5.97. The summed E-state index contributed by atoms with van der Waals surface area (Å²) in [7, 11) is 0. The van der Waals surface area contributed by atoms with Crippen LogP contribution in [0.5, 0.6) is 0 Å². The monoisotopic (exact) mass is 410 g/mol. The summed E-state index contributed by atoms with van der Waals surface area (Å²) in [6.45, 7) is 2.78. The summed E-state index contributed by atoms with van der Waals surface area (Å²) < 4.78 is 10.5. The number of likely N-dealkylation sites (tertiary alicyclic amines) is 1. The molecule has 7 heteroatoms. The fourth-order valence-electron chi connectivity index (χ4n) is 4.36. The number of carbonyl (C=O) groups excluding carboxylic acids is 3. The molecule has 1 aromatic heterocycles. The average Bonchev–Trinajstić information content (AvgIpc) is 3.23. The molecule has 1 fully saturated rings. The molecule has 0 bridgehead atoms. The second-order valence-corrected chi connectivity index (χ2v) is 7.77. The zero-order valence-corrected chi connectivity index (χ0v) is 17.2. The normalized spacial score (nSPS) is 16.4. The molecule has 158 valence electrons. The first-order valence-electron chi connectivity index (χ1n) is 10.6. The van der Waals surface area contributed by atoms with Crippen LogP contribution in [-0.2, 0) is 31.9 Å². The van der Waals surface area contributed by atoms with E-state index in [9.17, 15) is 14.4 Å². The van der Waals surface area contributed by atoms with Crippen LogP contribution in [0.4, 0.5) is 0 Å². The quantitative estimate of drug-likeness (QED) is 0.705. The van der Waals surface area contributed by atoms with Gasteiger partial charge in [0, 0.05) is 24.2 Å². The predicted octanol–water partition coefficient (Wildman–Crippen LogP) is 2.68. The van der Waals surface area contributed by atoms with E-state index in [-0.39, 0.29) is 24.4 Å². The highest BCUT2D eigenvalue weighted by atomic mass is 16.5. The molecule has 30 heavy (non-hydrogen) atoms. The van der Waals surface area contributed by atoms with Crippen molar-refractivity contribution in [3.8, 4) is 0 Å². The van der Waals surface area contributed by atoms with Gasteiger partial charge in [-0.15, -0.1) is 0 Å². The van der Waals surface area contributed by atoms with Crippen molar-refractivity contribution in [2.45, 2.75) is 39.0 Å². The highest BCUT2D eigenvalue weighted by Crippen LogP contribution is 2.30. The molecule has 0 N–H and O–H groups in total. The van der Waals surface area contributed by atoms with E-state index < -0.39 is 5.97 Å². The number of pyridine rings is 1. The van der Waals surface area contributed by atoms with Crippen LogP contribution in [0, 0.1) is 5.92 Å². The second kappa shape index (κ2) is 8.81. The lowest BCUT2D eigenvalue weighted by atomic mass is 9.97. The van der Waals surface area contributed by atoms with Crippen LogP contribution in [0.25, 0.3) is 10.9 Å². The van der Waals surface area contributed by atoms with Crippen LogP contribution < -0.4 is 0 Å². The zero-order chi connectivity index (χ0) is 21.1. The number of piperidine rings is 1. The van der Waals surface area contributed by atoms with E-state index in [4.69, 9.17) is 9.47 Å². The fourth-order valence-corrected chi connectivity index (χ4v) is 4.36. The molecule has 1 amide bonds. The summed E-state index contributed by atoms with van der Waals surface area (Å²) in [4.78, 5) is 43.7. The van der Waals surface area contributed by atoms with E-state index >= 15 is 0 Å². The number of hydrogen-bond donors (Lipinski definition) is 0. The number of rotatable bonds is 5. The minimum absolute atomic E-state index is 0.165. The van der Waals surface area contributed by atoms with Gasteiger partial charge >= 0.3 is 11.9 Å². The van der Waals surface area contributed by atoms with Crippen molar-refractivity contribution in [1.82, 2.24) is 9.88 Å². The Balaban J connectivity index is 1.40. The smallest absolute Gasteiger partial charge is 0.339 e. The number of fused-ring (bicyclic) bond motifs is 2. The lowest BCUT2D eigenvalue weighted by Gasteiger charge is -2.30. The molecule has 0 saturated carbocycles. The van der Waals surface area contributed by atoms with Crippen LogP contribution in [0.3, 0.4) is 0 Å². The minimum Gasteiger partial charge on any atom is -0.466 e. The molecule has 2 aliphatic rings. The molecule has 2 heterocycles. The van der Waals surface area contributed by atoms with E-state index in [0.717, 1.165) is 41.4 Å². The van der Waals surface area contributed by atoms with Crippen molar-refractivity contribution >= 4 is 28.7 Å². The number of amides is 1. The summed E-state index contributed by atoms with van der Waals surface area (Å²) in [5, 5.41) is 0.769. The van der Waals surface area contributed by atoms with Crippen molar-refractivity contribution in [2.24, 2.45) is 5.92 Å². The van der Waals surface area contributed by atoms with Crippen LogP contribution in [0.1, 0.15) is 47.8 Å². The number of ether oxygens (including phenoxy) is 2. The molecule has 1 aliphatic heterocycles. The first-order chi connectivity index (χ1) is 14.6. The van der Waals surface area contributed by atoms with Crippen molar-refractivity contribution in [1.29, 1.82) is 0 Å². The van der Waals surface area contributed by atoms with Gasteiger partial charge in [-0.05, 0) is 50.7 Å². The zero-order valence-electron chi connectivity index (χ0n) is 17.2. The molecule has 7 nitrogen and oxygen atoms in total. The number of nitrogens with zero attached hydrogens (tertiary/aromatic N) is 2. The Morgan fingerprint density at radius 3 is 2.63 bits per heavy atom. The molecule has 0 spiro atoms. The Morgan fingerprint density at radius 1 is 1.10 bits per heavy atom. The maximum absolute atomic E-state index is 12.9. The molecule has 0 unspecified atom stereocenters. The lowest BCUT2D eigenvalue weighted by molar-refractivity contribution is -0.151. The maximum Gasteiger partial charge on any atom is 0.339 e. The van der Waals surface area contributed by atoms with Gasteiger partial charge in [0.05, 0.1) is 23.6 Å². The Bertz CT molecular complexity index is 979. The molecule has 0 atom stereocenters. The van der Waals surface area contributed by atoms with Crippen molar-refractivity contribution in [2.75, 3.05) is 26.3 Å². The van der Waals surface area contributed by atoms with Gasteiger partial charge in [-0.3, -0.25) is 14.6 Å². The highest BCUT2D eigenvalue weighted by Gasteiger charge is 2.29. The molecular formula is C23H26N2O5. The standard InChI is InChI=1S/C23H26N2O5/c1-2-29-22(27)15-10-12-25(13-11-15)20(26)14-30-23(28)21-16-6-3-4-8-18(16)24-19-9-5-7-17(19)21/h3-4,6,8,15H,2,5,7,9-14H2,1H3. The molecule has 4 rings (SSSR count). The predicted molar refractivity (Wildman–Crippen MR) is 110 cm³/mol. The summed E-state index contributed by atoms with van der Waals surface area (Å²) in [6.07, 6.45) is 3.76. The first-order valence-corrected chi connectivity index (χ1v) is 10.6. The largest absolute Gasteiger partial charge is 0.466 e. The van der Waals surface area contributed by atoms with Crippen LogP contribution in [0.15, 0.2) is 24.3 Å². The van der Waals surface area contributed by atoms with E-state index in [0.29, 0.717) is 38.1 Å². The number of aryl methyl sites for hydroxylation is 1. The molecule has 1 aliphatic carbocycles. The minimum atomic E-state index is -0.471. The van der Waals surface area contributed by atoms with Gasteiger partial charge < -0.3 is 14.4 Å². The summed E-state index contributed by atoms with van der Waals surface area (Å²) >= 11 is 0. The van der Waals surface area contributed by atoms with Gasteiger partial charge in [-0.2, -0.15) is 0 Å². The van der Waals surface area contributed by atoms with E-state index in [1.165, 1.54) is 0 Å². The summed E-state index contributed by atoms with van der Waals surface area (Å²) in [6, 6.07) is 7.54. The number of hydrogen-bond acceptors (Lipinski definition) is 6. The third kappa shape index (κ3) is 4.01. The van der Waals surface area contributed by atoms with Crippen LogP contribution >= 0.6 is 0 Å². The number of benzene rings is 1. The molecule has 0 radical (unpaired) electrons. The van der Waals surface area contributed by atoms with Crippen molar-refractivity contribution in [3.05, 3.63) is 41.1 Å². The third-order valence-electron chi connectivity index (χ3n) is 5.92. The van der Waals surface area contributed by atoms with E-state index in [1.807, 2.05) is 24.3 Å². The Hall–Kier alpha value is -2.96. The maximum atomic E-state index is 12.9.